The van der Waals surface area contributed by atoms with Gasteiger partial charge in [-0.2, -0.15) is 0 Å². The topological polar surface area (TPSA) is 74.4 Å². The van der Waals surface area contributed by atoms with E-state index in [4.69, 9.17) is 4.74 Å². The molecule has 2 saturated heterocycles. The fourth-order valence-corrected chi connectivity index (χ4v) is 2.79. The molecule has 114 valence electrons. The molecule has 2 aliphatic heterocycles. The van der Waals surface area contributed by atoms with E-state index in [2.05, 4.69) is 23.8 Å². The van der Waals surface area contributed by atoms with Crippen molar-refractivity contribution in [3.8, 4) is 0 Å². The van der Waals surface area contributed by atoms with Crippen molar-refractivity contribution in [2.75, 3.05) is 26.9 Å². The minimum Gasteiger partial charge on any atom is -0.379 e. The molecule has 0 bridgehead atoms. The van der Waals surface area contributed by atoms with E-state index in [-0.39, 0.29) is 12.2 Å². The first-order valence-electron chi connectivity index (χ1n) is 6.97. The van der Waals surface area contributed by atoms with Crippen LogP contribution in [-0.2, 0) is 4.74 Å². The Labute approximate surface area is 119 Å². The van der Waals surface area contributed by atoms with E-state index in [1.54, 1.807) is 0 Å². The van der Waals surface area contributed by atoms with E-state index in [0.29, 0.717) is 31.9 Å². The van der Waals surface area contributed by atoms with E-state index in [9.17, 15) is 10.1 Å². The molecule has 2 fully saturated rings. The minimum atomic E-state index is -0.619. The van der Waals surface area contributed by atoms with E-state index < -0.39 is 5.03 Å². The van der Waals surface area contributed by atoms with Crippen LogP contribution in [0.3, 0.4) is 0 Å². The van der Waals surface area contributed by atoms with Crippen LogP contribution in [0.15, 0.2) is 5.10 Å². The molecule has 2 unspecified atom stereocenters. The summed E-state index contributed by atoms with van der Waals surface area (Å²) in [6.45, 7) is 8.24. The standard InChI is InChI=1S/C12H23N5O3/c1-9(2)15-8-16(11-5-6-20-7-11)12(13-17(18)19)14(4)10(15)3/h9-11H,5-8H2,1-4H3. The Kier molecular flexibility index (Phi) is 4.44. The smallest absolute Gasteiger partial charge is 0.276 e. The molecule has 0 radical (unpaired) electrons. The third-order valence-corrected chi connectivity index (χ3v) is 4.11. The SMILES string of the molecule is CC(C)N1CN(C2CCOC2)C(=N[N+](=O)[O-])N(C)C1C. The summed E-state index contributed by atoms with van der Waals surface area (Å²) >= 11 is 0. The maximum atomic E-state index is 10.8. The van der Waals surface area contributed by atoms with Crippen LogP contribution < -0.4 is 0 Å². The van der Waals surface area contributed by atoms with Gasteiger partial charge in [-0.15, -0.1) is 0 Å². The lowest BCUT2D eigenvalue weighted by Gasteiger charge is -2.49. The summed E-state index contributed by atoms with van der Waals surface area (Å²) in [6.07, 6.45) is 0.956. The quantitative estimate of drug-likeness (QED) is 0.558. The van der Waals surface area contributed by atoms with Gasteiger partial charge in [0, 0.05) is 19.7 Å². The summed E-state index contributed by atoms with van der Waals surface area (Å²) in [6, 6.07) is 0.513. The predicted molar refractivity (Wildman–Crippen MR) is 74.6 cm³/mol. The number of nitro groups is 1. The summed E-state index contributed by atoms with van der Waals surface area (Å²) < 4.78 is 5.42. The highest BCUT2D eigenvalue weighted by molar-refractivity contribution is 5.80. The summed E-state index contributed by atoms with van der Waals surface area (Å²) in [5, 5.41) is 13.8. The van der Waals surface area contributed by atoms with Gasteiger partial charge in [0.25, 0.3) is 5.96 Å². The molecule has 0 amide bonds. The highest BCUT2D eigenvalue weighted by Gasteiger charge is 2.39. The Hall–Kier alpha value is -1.41. The molecule has 2 rings (SSSR count). The molecule has 0 spiro atoms. The van der Waals surface area contributed by atoms with E-state index in [1.165, 1.54) is 0 Å². The van der Waals surface area contributed by atoms with Crippen molar-refractivity contribution in [2.45, 2.75) is 45.4 Å². The third-order valence-electron chi connectivity index (χ3n) is 4.11. The lowest BCUT2D eigenvalue weighted by molar-refractivity contribution is -0.486. The van der Waals surface area contributed by atoms with Crippen molar-refractivity contribution >= 4 is 5.96 Å². The molecule has 2 atom stereocenters. The lowest BCUT2D eigenvalue weighted by Crippen LogP contribution is -2.65. The third kappa shape index (κ3) is 2.85. The van der Waals surface area contributed by atoms with Gasteiger partial charge in [0.15, 0.2) is 5.03 Å². The van der Waals surface area contributed by atoms with Crippen LogP contribution in [0.5, 0.6) is 0 Å². The average molecular weight is 285 g/mol. The second-order valence-corrected chi connectivity index (χ2v) is 5.62. The largest absolute Gasteiger partial charge is 0.379 e. The Morgan fingerprint density at radius 3 is 2.70 bits per heavy atom. The number of nitrogens with zero attached hydrogens (tertiary/aromatic N) is 5. The number of guanidine groups is 1. The van der Waals surface area contributed by atoms with Crippen molar-refractivity contribution in [2.24, 2.45) is 5.10 Å². The Morgan fingerprint density at radius 1 is 1.50 bits per heavy atom. The maximum Gasteiger partial charge on any atom is 0.276 e. The number of hydrogen-bond donors (Lipinski definition) is 0. The second-order valence-electron chi connectivity index (χ2n) is 5.62. The van der Waals surface area contributed by atoms with Crippen LogP contribution in [0.4, 0.5) is 0 Å². The van der Waals surface area contributed by atoms with Gasteiger partial charge >= 0.3 is 0 Å². The van der Waals surface area contributed by atoms with Gasteiger partial charge in [-0.1, -0.05) is 0 Å². The number of hydrogen-bond acceptors (Lipinski definition) is 4. The fourth-order valence-electron chi connectivity index (χ4n) is 2.79. The van der Waals surface area contributed by atoms with Crippen LogP contribution in [0, 0.1) is 10.1 Å². The van der Waals surface area contributed by atoms with Crippen LogP contribution in [0.1, 0.15) is 27.2 Å². The van der Waals surface area contributed by atoms with Crippen molar-refractivity contribution in [3.05, 3.63) is 10.1 Å². The molecule has 0 aliphatic carbocycles. The zero-order valence-electron chi connectivity index (χ0n) is 12.5. The van der Waals surface area contributed by atoms with Crippen LogP contribution in [0.25, 0.3) is 0 Å². The van der Waals surface area contributed by atoms with Gasteiger partial charge in [-0.3, -0.25) is 4.90 Å². The number of hydrazone groups is 1. The van der Waals surface area contributed by atoms with Gasteiger partial charge in [-0.25, -0.2) is 10.1 Å². The zero-order valence-corrected chi connectivity index (χ0v) is 12.5. The van der Waals surface area contributed by atoms with Crippen molar-refractivity contribution in [1.29, 1.82) is 0 Å². The first kappa shape index (κ1) is 15.0. The monoisotopic (exact) mass is 285 g/mol. The van der Waals surface area contributed by atoms with Crippen LogP contribution in [-0.4, -0.2) is 70.9 Å². The molecular formula is C12H23N5O3. The summed E-state index contributed by atoms with van der Waals surface area (Å²) in [5.74, 6) is 0.426. The Balaban J connectivity index is 2.29. The lowest BCUT2D eigenvalue weighted by atomic mass is 10.2. The minimum absolute atomic E-state index is 0.0762. The zero-order chi connectivity index (χ0) is 14.9. The number of rotatable bonds is 3. The summed E-state index contributed by atoms with van der Waals surface area (Å²) in [5.41, 5.74) is 0. The van der Waals surface area contributed by atoms with Crippen molar-refractivity contribution in [1.82, 2.24) is 14.7 Å². The second kappa shape index (κ2) is 5.92. The first-order valence-corrected chi connectivity index (χ1v) is 6.97. The van der Waals surface area contributed by atoms with Gasteiger partial charge in [-0.05, 0) is 27.2 Å². The van der Waals surface area contributed by atoms with Gasteiger partial charge in [0.2, 0.25) is 0 Å². The van der Waals surface area contributed by atoms with Gasteiger partial charge in [0.05, 0.1) is 25.5 Å². The van der Waals surface area contributed by atoms with Crippen LogP contribution in [0.2, 0.25) is 0 Å². The molecule has 0 N–H and O–H groups in total. The molecular weight excluding hydrogens is 262 g/mol. The normalized spacial score (nSPS) is 30.6. The van der Waals surface area contributed by atoms with Crippen molar-refractivity contribution < 1.29 is 9.77 Å². The van der Waals surface area contributed by atoms with Gasteiger partial charge < -0.3 is 14.5 Å². The Bertz CT molecular complexity index is 395. The molecule has 8 heteroatoms. The van der Waals surface area contributed by atoms with E-state index >= 15 is 0 Å². The highest BCUT2D eigenvalue weighted by Crippen LogP contribution is 2.23. The molecule has 20 heavy (non-hydrogen) atoms. The first-order chi connectivity index (χ1) is 9.41. The fraction of sp³-hybridized carbons (Fsp3) is 0.917. The molecule has 2 aliphatic rings. The predicted octanol–water partition coefficient (Wildman–Crippen LogP) is 0.584. The van der Waals surface area contributed by atoms with Crippen LogP contribution >= 0.6 is 0 Å². The molecule has 2 heterocycles. The Morgan fingerprint density at radius 2 is 2.20 bits per heavy atom. The summed E-state index contributed by atoms with van der Waals surface area (Å²) in [7, 11) is 1.85. The number of ether oxygens (including phenoxy) is 1. The van der Waals surface area contributed by atoms with Gasteiger partial charge in [0.1, 0.15) is 5.10 Å². The maximum absolute atomic E-state index is 10.8. The molecule has 0 aromatic rings. The van der Waals surface area contributed by atoms with Crippen molar-refractivity contribution in [3.63, 3.8) is 0 Å². The van der Waals surface area contributed by atoms with E-state index in [0.717, 1.165) is 6.42 Å². The van der Waals surface area contributed by atoms with E-state index in [1.807, 2.05) is 23.8 Å². The molecule has 0 saturated carbocycles. The summed E-state index contributed by atoms with van der Waals surface area (Å²) in [4.78, 5) is 17.0. The highest BCUT2D eigenvalue weighted by atomic mass is 16.7. The molecule has 0 aromatic heterocycles. The average Bonchev–Trinajstić information content (AvgIpc) is 2.88. The molecule has 8 nitrogen and oxygen atoms in total. The molecule has 0 aromatic carbocycles.